The summed E-state index contributed by atoms with van der Waals surface area (Å²) < 4.78 is 13.4. The number of hydrogen-bond donors (Lipinski definition) is 1. The minimum Gasteiger partial charge on any atom is -0.485 e. The molecule has 0 bridgehead atoms. The molecule has 0 saturated carbocycles. The van der Waals surface area contributed by atoms with Gasteiger partial charge < -0.3 is 14.5 Å². The van der Waals surface area contributed by atoms with E-state index < -0.39 is 0 Å². The molecule has 0 spiro atoms. The summed E-state index contributed by atoms with van der Waals surface area (Å²) in [6, 6.07) is 23.0. The van der Waals surface area contributed by atoms with Crippen LogP contribution in [0.3, 0.4) is 0 Å². The minimum absolute atomic E-state index is 0.158. The standard InChI is InChI=1S/C26H23N5O3S/c1-17-8-6-7-11-22(17)33-15-24-29-30-26(31(24)20-9-4-3-5-10-20)35-16-25(32)28-19-12-13-23-21(14-19)27-18(2)34-23/h3-14H,15-16H2,1-2H3,(H,28,32). The maximum atomic E-state index is 12.7. The lowest BCUT2D eigenvalue weighted by Crippen LogP contribution is -2.14. The quantitative estimate of drug-likeness (QED) is 0.297. The molecule has 0 unspecified atom stereocenters. The number of aromatic nitrogens is 4. The van der Waals surface area contributed by atoms with E-state index >= 15 is 0 Å². The van der Waals surface area contributed by atoms with Gasteiger partial charge in [0.05, 0.1) is 5.75 Å². The highest BCUT2D eigenvalue weighted by molar-refractivity contribution is 7.99. The molecular formula is C26H23N5O3S. The first-order chi connectivity index (χ1) is 17.1. The molecule has 3 aromatic carbocycles. The lowest BCUT2D eigenvalue weighted by atomic mass is 10.2. The number of anilines is 1. The Labute approximate surface area is 206 Å². The molecular weight excluding hydrogens is 462 g/mol. The number of fused-ring (bicyclic) bond motifs is 1. The van der Waals surface area contributed by atoms with Crippen LogP contribution in [0.4, 0.5) is 5.69 Å². The zero-order valence-electron chi connectivity index (χ0n) is 19.3. The van der Waals surface area contributed by atoms with Crippen LogP contribution in [-0.2, 0) is 11.4 Å². The molecule has 0 saturated heterocycles. The maximum Gasteiger partial charge on any atom is 0.234 e. The average Bonchev–Trinajstić information content (AvgIpc) is 3.44. The van der Waals surface area contributed by atoms with Crippen LogP contribution in [0.25, 0.3) is 16.8 Å². The van der Waals surface area contributed by atoms with Crippen LogP contribution in [0.1, 0.15) is 17.3 Å². The third-order valence-electron chi connectivity index (χ3n) is 5.28. The van der Waals surface area contributed by atoms with Crippen molar-refractivity contribution in [2.24, 2.45) is 0 Å². The van der Waals surface area contributed by atoms with Gasteiger partial charge >= 0.3 is 0 Å². The first-order valence-electron chi connectivity index (χ1n) is 11.0. The van der Waals surface area contributed by atoms with Gasteiger partial charge in [0.25, 0.3) is 0 Å². The van der Waals surface area contributed by atoms with Gasteiger partial charge in [-0.3, -0.25) is 9.36 Å². The first-order valence-corrected chi connectivity index (χ1v) is 12.0. The second-order valence-corrected chi connectivity index (χ2v) is 8.82. The molecule has 1 N–H and O–H groups in total. The molecule has 5 rings (SSSR count). The number of nitrogens with zero attached hydrogens (tertiary/aromatic N) is 4. The molecule has 9 heteroatoms. The highest BCUT2D eigenvalue weighted by Gasteiger charge is 2.17. The molecule has 0 aliphatic heterocycles. The second-order valence-electron chi connectivity index (χ2n) is 7.88. The summed E-state index contributed by atoms with van der Waals surface area (Å²) in [6.07, 6.45) is 0. The lowest BCUT2D eigenvalue weighted by molar-refractivity contribution is -0.113. The highest BCUT2D eigenvalue weighted by atomic mass is 32.2. The molecule has 176 valence electrons. The van der Waals surface area contributed by atoms with Crippen LogP contribution >= 0.6 is 11.8 Å². The zero-order valence-corrected chi connectivity index (χ0v) is 20.1. The van der Waals surface area contributed by atoms with Gasteiger partial charge in [0.2, 0.25) is 5.91 Å². The van der Waals surface area contributed by atoms with Gasteiger partial charge in [-0.15, -0.1) is 10.2 Å². The van der Waals surface area contributed by atoms with Gasteiger partial charge in [0.15, 0.2) is 22.5 Å². The Morgan fingerprint density at radius 1 is 1.03 bits per heavy atom. The molecule has 0 aliphatic rings. The number of aryl methyl sites for hydroxylation is 2. The van der Waals surface area contributed by atoms with Crippen molar-refractivity contribution in [3.8, 4) is 11.4 Å². The summed E-state index contributed by atoms with van der Waals surface area (Å²) in [5, 5.41) is 12.2. The first kappa shape index (κ1) is 22.7. The Bertz CT molecular complexity index is 1480. The summed E-state index contributed by atoms with van der Waals surface area (Å²) in [4.78, 5) is 17.0. The number of carbonyl (C=O) groups is 1. The van der Waals surface area contributed by atoms with Crippen LogP contribution < -0.4 is 10.1 Å². The van der Waals surface area contributed by atoms with E-state index in [-0.39, 0.29) is 18.3 Å². The summed E-state index contributed by atoms with van der Waals surface area (Å²) in [7, 11) is 0. The van der Waals surface area contributed by atoms with E-state index in [1.165, 1.54) is 11.8 Å². The largest absolute Gasteiger partial charge is 0.485 e. The molecule has 8 nitrogen and oxygen atoms in total. The third-order valence-corrected chi connectivity index (χ3v) is 6.20. The molecule has 2 heterocycles. The van der Waals surface area contributed by atoms with Gasteiger partial charge in [0, 0.05) is 18.3 Å². The van der Waals surface area contributed by atoms with Gasteiger partial charge in [-0.2, -0.15) is 0 Å². The van der Waals surface area contributed by atoms with Crippen molar-refractivity contribution >= 4 is 34.5 Å². The summed E-state index contributed by atoms with van der Waals surface area (Å²) >= 11 is 1.31. The number of nitrogens with one attached hydrogen (secondary N) is 1. The summed E-state index contributed by atoms with van der Waals surface area (Å²) in [5.41, 5.74) is 3.99. The fourth-order valence-corrected chi connectivity index (χ4v) is 4.40. The predicted octanol–water partition coefficient (Wildman–Crippen LogP) is 5.34. The Morgan fingerprint density at radius 2 is 1.83 bits per heavy atom. The fraction of sp³-hybridized carbons (Fsp3) is 0.154. The van der Waals surface area contributed by atoms with E-state index in [4.69, 9.17) is 9.15 Å². The number of thioether (sulfide) groups is 1. The lowest BCUT2D eigenvalue weighted by Gasteiger charge is -2.12. The van der Waals surface area contributed by atoms with Crippen molar-refractivity contribution < 1.29 is 13.9 Å². The molecule has 0 atom stereocenters. The summed E-state index contributed by atoms with van der Waals surface area (Å²) in [5.74, 6) is 2.04. The van der Waals surface area contributed by atoms with Crippen LogP contribution in [0.15, 0.2) is 82.4 Å². The Balaban J connectivity index is 1.31. The van der Waals surface area contributed by atoms with E-state index in [9.17, 15) is 4.79 Å². The maximum absolute atomic E-state index is 12.7. The molecule has 5 aromatic rings. The molecule has 2 aromatic heterocycles. The highest BCUT2D eigenvalue weighted by Crippen LogP contribution is 2.25. The van der Waals surface area contributed by atoms with Crippen LogP contribution in [0, 0.1) is 13.8 Å². The molecule has 35 heavy (non-hydrogen) atoms. The van der Waals surface area contributed by atoms with E-state index in [1.54, 1.807) is 25.1 Å². The monoisotopic (exact) mass is 485 g/mol. The SMILES string of the molecule is Cc1nc2cc(NC(=O)CSc3nnc(COc4ccccc4C)n3-c3ccccc3)ccc2o1. The zero-order chi connectivity index (χ0) is 24.2. The van der Waals surface area contributed by atoms with Crippen LogP contribution in [0.2, 0.25) is 0 Å². The van der Waals surface area contributed by atoms with E-state index in [2.05, 4.69) is 20.5 Å². The third kappa shape index (κ3) is 5.20. The van der Waals surface area contributed by atoms with E-state index in [0.717, 1.165) is 17.0 Å². The van der Waals surface area contributed by atoms with Crippen LogP contribution in [0.5, 0.6) is 5.75 Å². The van der Waals surface area contributed by atoms with Crippen molar-refractivity contribution in [3.05, 3.63) is 90.1 Å². The number of carbonyl (C=O) groups excluding carboxylic acids is 1. The van der Waals surface area contributed by atoms with Crippen molar-refractivity contribution in [2.75, 3.05) is 11.1 Å². The summed E-state index contributed by atoms with van der Waals surface area (Å²) in [6.45, 7) is 4.04. The number of hydrogen-bond acceptors (Lipinski definition) is 7. The number of ether oxygens (including phenoxy) is 1. The van der Waals surface area contributed by atoms with Gasteiger partial charge in [0.1, 0.15) is 17.9 Å². The van der Waals surface area contributed by atoms with Gasteiger partial charge in [-0.1, -0.05) is 48.2 Å². The molecule has 1 amide bonds. The number of benzene rings is 3. The van der Waals surface area contributed by atoms with Crippen molar-refractivity contribution in [1.82, 2.24) is 19.7 Å². The minimum atomic E-state index is -0.158. The van der Waals surface area contributed by atoms with E-state index in [1.807, 2.05) is 66.1 Å². The topological polar surface area (TPSA) is 95.1 Å². The second kappa shape index (κ2) is 10.0. The molecule has 0 fully saturated rings. The Morgan fingerprint density at radius 3 is 2.66 bits per heavy atom. The van der Waals surface area contributed by atoms with Crippen molar-refractivity contribution in [2.45, 2.75) is 25.6 Å². The Hall–Kier alpha value is -4.11. The van der Waals surface area contributed by atoms with Gasteiger partial charge in [-0.05, 0) is 48.9 Å². The number of rotatable bonds is 8. The molecule has 0 radical (unpaired) electrons. The average molecular weight is 486 g/mol. The Kier molecular flexibility index (Phi) is 6.49. The smallest absolute Gasteiger partial charge is 0.234 e. The fourth-order valence-electron chi connectivity index (χ4n) is 3.63. The number of amides is 1. The van der Waals surface area contributed by atoms with Crippen molar-refractivity contribution in [3.63, 3.8) is 0 Å². The van der Waals surface area contributed by atoms with E-state index in [0.29, 0.717) is 33.7 Å². The van der Waals surface area contributed by atoms with Gasteiger partial charge in [-0.25, -0.2) is 4.98 Å². The van der Waals surface area contributed by atoms with Crippen LogP contribution in [-0.4, -0.2) is 31.4 Å². The number of para-hydroxylation sites is 2. The normalized spacial score (nSPS) is 11.0. The number of oxazole rings is 1. The van der Waals surface area contributed by atoms with Crippen molar-refractivity contribution in [1.29, 1.82) is 0 Å². The predicted molar refractivity (Wildman–Crippen MR) is 135 cm³/mol. The molecule has 0 aliphatic carbocycles.